The summed E-state index contributed by atoms with van der Waals surface area (Å²) in [6.45, 7) is 2.14. The maximum Gasteiger partial charge on any atom is 0.186 e. The van der Waals surface area contributed by atoms with Crippen molar-refractivity contribution in [2.24, 2.45) is 0 Å². The van der Waals surface area contributed by atoms with E-state index in [1.165, 1.54) is 0 Å². The van der Waals surface area contributed by atoms with Crippen molar-refractivity contribution < 1.29 is 9.84 Å². The summed E-state index contributed by atoms with van der Waals surface area (Å²) in [4.78, 5) is 0. The minimum Gasteiger partial charge on any atom is -0.364 e. The van der Waals surface area contributed by atoms with Gasteiger partial charge in [-0.25, -0.2) is 0 Å². The third-order valence-corrected chi connectivity index (χ3v) is 0.562. The molecule has 0 saturated carbocycles. The summed E-state index contributed by atoms with van der Waals surface area (Å²) in [5.74, 6) is -0.750. The Kier molecular flexibility index (Phi) is 0.333. The number of ether oxygens (including phenoxy) is 1. The van der Waals surface area contributed by atoms with Crippen LogP contribution in [-0.4, -0.2) is 17.5 Å². The van der Waals surface area contributed by atoms with Crippen LogP contribution < -0.4 is 0 Å². The van der Waals surface area contributed by atoms with E-state index in [0.717, 1.165) is 0 Å². The van der Waals surface area contributed by atoms with Gasteiger partial charge in [-0.15, -0.1) is 0 Å². The highest BCUT2D eigenvalue weighted by Gasteiger charge is 2.35. The Balaban J connectivity index is 2.38. The molecule has 30 valence electrons. The molecule has 0 aromatic rings. The molecule has 1 atom stereocenters. The van der Waals surface area contributed by atoms with Gasteiger partial charge < -0.3 is 9.84 Å². The fourth-order valence-corrected chi connectivity index (χ4v) is 0.104. The number of epoxide rings is 1. The van der Waals surface area contributed by atoms with Gasteiger partial charge in [-0.1, -0.05) is 0 Å². The SMILES string of the molecule is C[C@@]1(O)CO1. The van der Waals surface area contributed by atoms with Crippen LogP contribution in [0.5, 0.6) is 0 Å². The monoisotopic (exact) mass is 74.0 g/mol. The number of rotatable bonds is 0. The zero-order valence-corrected chi connectivity index (χ0v) is 3.06. The van der Waals surface area contributed by atoms with E-state index in [2.05, 4.69) is 4.74 Å². The van der Waals surface area contributed by atoms with E-state index in [1.807, 2.05) is 0 Å². The summed E-state index contributed by atoms with van der Waals surface area (Å²) in [6.07, 6.45) is 0. The maximum atomic E-state index is 8.41. The standard InChI is InChI=1S/C3H6O2/c1-3(4)2-5-3/h4H,2H2,1H3/t3-/m0/s1. The van der Waals surface area contributed by atoms with Crippen LogP contribution >= 0.6 is 0 Å². The van der Waals surface area contributed by atoms with Crippen molar-refractivity contribution >= 4 is 0 Å². The third-order valence-electron chi connectivity index (χ3n) is 0.562. The highest BCUT2D eigenvalue weighted by Crippen LogP contribution is 2.19. The summed E-state index contributed by atoms with van der Waals surface area (Å²) in [7, 11) is 0. The zero-order valence-electron chi connectivity index (χ0n) is 3.06. The van der Waals surface area contributed by atoms with Gasteiger partial charge >= 0.3 is 0 Å². The van der Waals surface area contributed by atoms with Gasteiger partial charge in [-0.2, -0.15) is 0 Å². The Bertz CT molecular complexity index is 42.9. The molecule has 0 aliphatic carbocycles. The third kappa shape index (κ3) is 0.597. The van der Waals surface area contributed by atoms with E-state index in [-0.39, 0.29) is 0 Å². The summed E-state index contributed by atoms with van der Waals surface area (Å²) in [6, 6.07) is 0. The highest BCUT2D eigenvalue weighted by atomic mass is 16.7. The van der Waals surface area contributed by atoms with E-state index in [1.54, 1.807) is 6.92 Å². The van der Waals surface area contributed by atoms with Gasteiger partial charge in [0.15, 0.2) is 5.79 Å². The summed E-state index contributed by atoms with van der Waals surface area (Å²) in [5.41, 5.74) is 0. The molecule has 0 unspecified atom stereocenters. The second-order valence-electron chi connectivity index (χ2n) is 1.46. The highest BCUT2D eigenvalue weighted by molar-refractivity contribution is 4.70. The molecule has 2 heteroatoms. The maximum absolute atomic E-state index is 8.41. The molecule has 1 heterocycles. The van der Waals surface area contributed by atoms with Crippen molar-refractivity contribution in [2.45, 2.75) is 12.7 Å². The first-order chi connectivity index (χ1) is 2.21. The summed E-state index contributed by atoms with van der Waals surface area (Å²) in [5, 5.41) is 8.41. The molecule has 0 amide bonds. The molecule has 0 radical (unpaired) electrons. The molecule has 1 rings (SSSR count). The molecular formula is C3H6O2. The second kappa shape index (κ2) is 0.533. The Morgan fingerprint density at radius 1 is 2.00 bits per heavy atom. The van der Waals surface area contributed by atoms with Crippen molar-refractivity contribution in [3.8, 4) is 0 Å². The fourth-order valence-electron chi connectivity index (χ4n) is 0.104. The summed E-state index contributed by atoms with van der Waals surface area (Å²) >= 11 is 0. The van der Waals surface area contributed by atoms with Crippen LogP contribution in [0.15, 0.2) is 0 Å². The lowest BCUT2D eigenvalue weighted by atomic mass is 10.5. The van der Waals surface area contributed by atoms with E-state index in [0.29, 0.717) is 6.61 Å². The van der Waals surface area contributed by atoms with Crippen LogP contribution in [0.4, 0.5) is 0 Å². The fraction of sp³-hybridized carbons (Fsp3) is 1.00. The first-order valence-corrected chi connectivity index (χ1v) is 1.57. The zero-order chi connectivity index (χ0) is 3.91. The van der Waals surface area contributed by atoms with Crippen molar-refractivity contribution in [3.63, 3.8) is 0 Å². The average molecular weight is 74.1 g/mol. The second-order valence-corrected chi connectivity index (χ2v) is 1.46. The molecular weight excluding hydrogens is 68.0 g/mol. The minimum absolute atomic E-state index is 0.507. The first-order valence-electron chi connectivity index (χ1n) is 1.57. The van der Waals surface area contributed by atoms with Gasteiger partial charge in [0.25, 0.3) is 0 Å². The lowest BCUT2D eigenvalue weighted by Gasteiger charge is -1.82. The smallest absolute Gasteiger partial charge is 0.186 e. The van der Waals surface area contributed by atoms with E-state index in [9.17, 15) is 0 Å². The van der Waals surface area contributed by atoms with E-state index >= 15 is 0 Å². The Morgan fingerprint density at radius 2 is 2.20 bits per heavy atom. The normalized spacial score (nSPS) is 49.2. The van der Waals surface area contributed by atoms with Crippen molar-refractivity contribution in [2.75, 3.05) is 6.61 Å². The Labute approximate surface area is 30.4 Å². The first kappa shape index (κ1) is 3.12. The lowest BCUT2D eigenvalue weighted by molar-refractivity contribution is 0.0549. The van der Waals surface area contributed by atoms with Gasteiger partial charge in [0.1, 0.15) is 6.61 Å². The molecule has 0 bridgehead atoms. The average Bonchev–Trinajstić information content (AvgIpc) is 1.76. The molecule has 5 heavy (non-hydrogen) atoms. The van der Waals surface area contributed by atoms with Gasteiger partial charge in [0.2, 0.25) is 0 Å². The molecule has 2 nitrogen and oxygen atoms in total. The van der Waals surface area contributed by atoms with Crippen LogP contribution in [0.25, 0.3) is 0 Å². The molecule has 1 saturated heterocycles. The predicted molar refractivity (Wildman–Crippen MR) is 16.6 cm³/mol. The van der Waals surface area contributed by atoms with Gasteiger partial charge in [-0.3, -0.25) is 0 Å². The van der Waals surface area contributed by atoms with E-state index in [4.69, 9.17) is 5.11 Å². The van der Waals surface area contributed by atoms with Crippen molar-refractivity contribution in [1.82, 2.24) is 0 Å². The van der Waals surface area contributed by atoms with Crippen LogP contribution in [0.3, 0.4) is 0 Å². The quantitative estimate of drug-likeness (QED) is 0.401. The number of hydrogen-bond donors (Lipinski definition) is 1. The van der Waals surface area contributed by atoms with Crippen LogP contribution in [0, 0.1) is 0 Å². The molecule has 1 fully saturated rings. The lowest BCUT2D eigenvalue weighted by Crippen LogP contribution is -1.97. The largest absolute Gasteiger partial charge is 0.364 e. The van der Waals surface area contributed by atoms with Crippen LogP contribution in [0.1, 0.15) is 6.92 Å². The van der Waals surface area contributed by atoms with Gasteiger partial charge in [-0.05, 0) is 6.92 Å². The van der Waals surface area contributed by atoms with Crippen LogP contribution in [0.2, 0.25) is 0 Å². The molecule has 1 aliphatic rings. The predicted octanol–water partition coefficient (Wildman–Crippen LogP) is -0.275. The van der Waals surface area contributed by atoms with Gasteiger partial charge in [0.05, 0.1) is 0 Å². The number of aliphatic hydroxyl groups is 1. The molecule has 0 spiro atoms. The molecule has 0 aromatic carbocycles. The van der Waals surface area contributed by atoms with Crippen molar-refractivity contribution in [3.05, 3.63) is 0 Å². The molecule has 1 aliphatic heterocycles. The van der Waals surface area contributed by atoms with Crippen molar-refractivity contribution in [1.29, 1.82) is 0 Å². The number of hydrogen-bond acceptors (Lipinski definition) is 2. The molecule has 1 N–H and O–H groups in total. The minimum atomic E-state index is -0.750. The Hall–Kier alpha value is -0.0800. The topological polar surface area (TPSA) is 32.8 Å². The van der Waals surface area contributed by atoms with Gasteiger partial charge in [0, 0.05) is 0 Å². The Morgan fingerprint density at radius 3 is 2.20 bits per heavy atom. The molecule has 0 aromatic heterocycles. The van der Waals surface area contributed by atoms with E-state index < -0.39 is 5.79 Å². The summed E-state index contributed by atoms with van der Waals surface area (Å²) < 4.78 is 4.45. The van der Waals surface area contributed by atoms with Crippen LogP contribution in [-0.2, 0) is 4.74 Å².